The molecule has 1 aliphatic heterocycles. The zero-order valence-corrected chi connectivity index (χ0v) is 11.9. The van der Waals surface area contributed by atoms with Gasteiger partial charge in [0.2, 0.25) is 0 Å². The number of benzene rings is 1. The van der Waals surface area contributed by atoms with E-state index in [0.717, 1.165) is 30.6 Å². The Morgan fingerprint density at radius 2 is 2.00 bits per heavy atom. The standard InChI is InChI=1S/C17H24O2/c1-2-3-4-5-6-10-16(18)14-12-13-19-17-11-8-7-9-15(14)17/h7-9,11,14H,2-6,10,12-13H2,1H3. The van der Waals surface area contributed by atoms with Crippen LogP contribution in [0.25, 0.3) is 0 Å². The van der Waals surface area contributed by atoms with Crippen molar-refractivity contribution in [1.82, 2.24) is 0 Å². The summed E-state index contributed by atoms with van der Waals surface area (Å²) in [4.78, 5) is 12.3. The molecule has 2 heteroatoms. The Kier molecular flexibility index (Phi) is 5.44. The molecule has 0 fully saturated rings. The summed E-state index contributed by atoms with van der Waals surface area (Å²) in [5.41, 5.74) is 1.09. The Hall–Kier alpha value is -1.31. The van der Waals surface area contributed by atoms with Crippen LogP contribution in [-0.4, -0.2) is 12.4 Å². The maximum Gasteiger partial charge on any atom is 0.140 e. The number of ether oxygens (including phenoxy) is 1. The fourth-order valence-electron chi connectivity index (χ4n) is 2.75. The Labute approximate surface area is 116 Å². The molecule has 0 spiro atoms. The van der Waals surface area contributed by atoms with Gasteiger partial charge in [0.15, 0.2) is 0 Å². The first-order valence-electron chi connectivity index (χ1n) is 7.57. The Balaban J connectivity index is 1.86. The number of carbonyl (C=O) groups is 1. The van der Waals surface area contributed by atoms with Gasteiger partial charge < -0.3 is 4.74 Å². The van der Waals surface area contributed by atoms with Gasteiger partial charge in [0, 0.05) is 17.9 Å². The number of hydrogen-bond donors (Lipinski definition) is 0. The van der Waals surface area contributed by atoms with E-state index < -0.39 is 0 Å². The number of Topliss-reactive ketones (excluding diaryl/α,β-unsaturated/α-hetero) is 1. The average molecular weight is 260 g/mol. The van der Waals surface area contributed by atoms with Crippen molar-refractivity contribution in [1.29, 1.82) is 0 Å². The number of hydrogen-bond acceptors (Lipinski definition) is 2. The lowest BCUT2D eigenvalue weighted by Gasteiger charge is -2.24. The van der Waals surface area contributed by atoms with Crippen LogP contribution >= 0.6 is 0 Å². The van der Waals surface area contributed by atoms with Crippen LogP contribution in [0.4, 0.5) is 0 Å². The highest BCUT2D eigenvalue weighted by Gasteiger charge is 2.26. The van der Waals surface area contributed by atoms with E-state index in [1.54, 1.807) is 0 Å². The molecule has 0 saturated carbocycles. The highest BCUT2D eigenvalue weighted by atomic mass is 16.5. The molecule has 0 N–H and O–H groups in total. The number of para-hydroxylation sites is 1. The van der Waals surface area contributed by atoms with Gasteiger partial charge in [-0.2, -0.15) is 0 Å². The molecular weight excluding hydrogens is 236 g/mol. The van der Waals surface area contributed by atoms with Crippen LogP contribution in [0, 0.1) is 0 Å². The monoisotopic (exact) mass is 260 g/mol. The minimum atomic E-state index is 0.0659. The third-order valence-corrected chi connectivity index (χ3v) is 3.87. The molecule has 0 aromatic heterocycles. The smallest absolute Gasteiger partial charge is 0.140 e. The van der Waals surface area contributed by atoms with E-state index in [0.29, 0.717) is 12.4 Å². The summed E-state index contributed by atoms with van der Waals surface area (Å²) in [5.74, 6) is 1.36. The molecule has 2 rings (SSSR count). The second-order valence-electron chi connectivity index (χ2n) is 5.36. The number of rotatable bonds is 7. The normalized spacial score (nSPS) is 17.6. The summed E-state index contributed by atoms with van der Waals surface area (Å²) in [6, 6.07) is 7.97. The zero-order valence-electron chi connectivity index (χ0n) is 11.9. The van der Waals surface area contributed by atoms with E-state index in [9.17, 15) is 4.79 Å². The van der Waals surface area contributed by atoms with Crippen LogP contribution in [0.3, 0.4) is 0 Å². The molecule has 0 bridgehead atoms. The number of ketones is 1. The molecule has 104 valence electrons. The number of carbonyl (C=O) groups excluding carboxylic acids is 1. The molecular formula is C17H24O2. The maximum atomic E-state index is 12.3. The number of fused-ring (bicyclic) bond motifs is 1. The van der Waals surface area contributed by atoms with Gasteiger partial charge in [-0.3, -0.25) is 4.79 Å². The van der Waals surface area contributed by atoms with Crippen molar-refractivity contribution in [3.63, 3.8) is 0 Å². The van der Waals surface area contributed by atoms with Gasteiger partial charge in [-0.15, -0.1) is 0 Å². The van der Waals surface area contributed by atoms with Crippen molar-refractivity contribution in [3.05, 3.63) is 29.8 Å². The second-order valence-corrected chi connectivity index (χ2v) is 5.36. The highest BCUT2D eigenvalue weighted by molar-refractivity contribution is 5.86. The summed E-state index contributed by atoms with van der Waals surface area (Å²) in [6.07, 6.45) is 7.58. The Bertz CT molecular complexity index is 411. The predicted molar refractivity (Wildman–Crippen MR) is 77.7 cm³/mol. The van der Waals surface area contributed by atoms with Gasteiger partial charge in [-0.25, -0.2) is 0 Å². The summed E-state index contributed by atoms with van der Waals surface area (Å²) >= 11 is 0. The first-order valence-corrected chi connectivity index (χ1v) is 7.57. The van der Waals surface area contributed by atoms with Crippen LogP contribution in [0.2, 0.25) is 0 Å². The minimum absolute atomic E-state index is 0.0659. The largest absolute Gasteiger partial charge is 0.493 e. The molecule has 0 radical (unpaired) electrons. The van der Waals surface area contributed by atoms with Crippen LogP contribution in [-0.2, 0) is 4.79 Å². The maximum absolute atomic E-state index is 12.3. The molecule has 1 atom stereocenters. The lowest BCUT2D eigenvalue weighted by Crippen LogP contribution is -2.21. The van der Waals surface area contributed by atoms with Crippen LogP contribution in [0.15, 0.2) is 24.3 Å². The molecule has 1 heterocycles. The van der Waals surface area contributed by atoms with E-state index in [1.165, 1.54) is 25.7 Å². The van der Waals surface area contributed by atoms with Gasteiger partial charge in [0.1, 0.15) is 11.5 Å². The highest BCUT2D eigenvalue weighted by Crippen LogP contribution is 2.34. The first-order chi connectivity index (χ1) is 9.33. The zero-order chi connectivity index (χ0) is 13.5. The summed E-state index contributed by atoms with van der Waals surface area (Å²) < 4.78 is 5.61. The molecule has 0 saturated heterocycles. The molecule has 1 aromatic rings. The lowest BCUT2D eigenvalue weighted by atomic mass is 9.87. The molecule has 1 unspecified atom stereocenters. The van der Waals surface area contributed by atoms with Crippen molar-refractivity contribution < 1.29 is 9.53 Å². The van der Waals surface area contributed by atoms with Gasteiger partial charge >= 0.3 is 0 Å². The predicted octanol–water partition coefficient (Wildman–Crippen LogP) is 4.48. The van der Waals surface area contributed by atoms with Crippen molar-refractivity contribution in [3.8, 4) is 5.75 Å². The van der Waals surface area contributed by atoms with E-state index in [-0.39, 0.29) is 5.92 Å². The topological polar surface area (TPSA) is 26.3 Å². The van der Waals surface area contributed by atoms with Crippen molar-refractivity contribution in [2.75, 3.05) is 6.61 Å². The SMILES string of the molecule is CCCCCCCC(=O)C1CCOc2ccccc21. The molecule has 19 heavy (non-hydrogen) atoms. The van der Waals surface area contributed by atoms with Gasteiger partial charge in [-0.05, 0) is 18.9 Å². The van der Waals surface area contributed by atoms with Crippen LogP contribution < -0.4 is 4.74 Å². The molecule has 1 aliphatic rings. The number of unbranched alkanes of at least 4 members (excludes halogenated alkanes) is 4. The lowest BCUT2D eigenvalue weighted by molar-refractivity contribution is -0.121. The Morgan fingerprint density at radius 1 is 1.21 bits per heavy atom. The molecule has 0 amide bonds. The molecule has 2 nitrogen and oxygen atoms in total. The molecule has 0 aliphatic carbocycles. The first kappa shape index (κ1) is 14.1. The van der Waals surface area contributed by atoms with Crippen molar-refractivity contribution >= 4 is 5.78 Å². The summed E-state index contributed by atoms with van der Waals surface area (Å²) in [7, 11) is 0. The van der Waals surface area contributed by atoms with E-state index >= 15 is 0 Å². The van der Waals surface area contributed by atoms with Gasteiger partial charge in [0.05, 0.1) is 6.61 Å². The van der Waals surface area contributed by atoms with Gasteiger partial charge in [0.25, 0.3) is 0 Å². The van der Waals surface area contributed by atoms with E-state index in [2.05, 4.69) is 6.92 Å². The van der Waals surface area contributed by atoms with Crippen LogP contribution in [0.5, 0.6) is 5.75 Å². The van der Waals surface area contributed by atoms with Crippen LogP contribution in [0.1, 0.15) is 63.4 Å². The summed E-state index contributed by atoms with van der Waals surface area (Å²) in [5, 5.41) is 0. The van der Waals surface area contributed by atoms with Gasteiger partial charge in [-0.1, -0.05) is 50.8 Å². The summed E-state index contributed by atoms with van der Waals surface area (Å²) in [6.45, 7) is 2.88. The van der Waals surface area contributed by atoms with Crippen molar-refractivity contribution in [2.24, 2.45) is 0 Å². The minimum Gasteiger partial charge on any atom is -0.493 e. The third kappa shape index (κ3) is 3.82. The second kappa shape index (κ2) is 7.32. The Morgan fingerprint density at radius 3 is 2.84 bits per heavy atom. The average Bonchev–Trinajstić information content (AvgIpc) is 2.46. The van der Waals surface area contributed by atoms with Crippen molar-refractivity contribution in [2.45, 2.75) is 57.8 Å². The fraction of sp³-hybridized carbons (Fsp3) is 0.588. The molecule has 1 aromatic carbocycles. The van der Waals surface area contributed by atoms with E-state index in [1.807, 2.05) is 24.3 Å². The van der Waals surface area contributed by atoms with E-state index in [4.69, 9.17) is 4.74 Å². The quantitative estimate of drug-likeness (QED) is 0.675. The fourth-order valence-corrected chi connectivity index (χ4v) is 2.75. The third-order valence-electron chi connectivity index (χ3n) is 3.87.